The molecule has 67 heavy (non-hydrogen) atoms. The fraction of sp³-hybridized carbons (Fsp3) is 0.712. The van der Waals surface area contributed by atoms with Gasteiger partial charge in [0.05, 0.1) is 54.7 Å². The predicted octanol–water partition coefficient (Wildman–Crippen LogP) is 8.34. The van der Waals surface area contributed by atoms with E-state index in [0.29, 0.717) is 19.8 Å². The monoisotopic (exact) mass is 941 g/mol. The fourth-order valence-electron chi connectivity index (χ4n) is 7.47. The van der Waals surface area contributed by atoms with Crippen LogP contribution in [-0.4, -0.2) is 163 Å². The molecule has 0 bridgehead atoms. The molecule has 3 atom stereocenters. The number of benzene rings is 2. The van der Waals surface area contributed by atoms with E-state index >= 15 is 0 Å². The van der Waals surface area contributed by atoms with Crippen LogP contribution in [0.3, 0.4) is 0 Å². The topological polar surface area (TPSA) is 144 Å². The summed E-state index contributed by atoms with van der Waals surface area (Å²) in [6.45, 7) is 37.6. The summed E-state index contributed by atoms with van der Waals surface area (Å²) in [5.41, 5.74) is -0.281. The molecule has 0 spiro atoms. The van der Waals surface area contributed by atoms with E-state index in [1.165, 1.54) is 11.1 Å². The minimum absolute atomic E-state index is 0.0243. The third-order valence-electron chi connectivity index (χ3n) is 12.0. The summed E-state index contributed by atoms with van der Waals surface area (Å²) in [5, 5.41) is 6.23. The molecule has 3 fully saturated rings. The van der Waals surface area contributed by atoms with Gasteiger partial charge in [-0.1, -0.05) is 60.7 Å². The first-order valence-electron chi connectivity index (χ1n) is 23.9. The molecule has 15 nitrogen and oxygen atoms in total. The van der Waals surface area contributed by atoms with Crippen LogP contribution in [0.2, 0.25) is 0 Å². The molecular formula is C52H88N6O9. The maximum Gasteiger partial charge on any atom is 0.410 e. The van der Waals surface area contributed by atoms with Gasteiger partial charge in [-0.15, -0.1) is 0 Å². The molecule has 3 saturated heterocycles. The number of hydrogen-bond donors (Lipinski definition) is 2. The number of nitrogens with one attached hydrogen (secondary N) is 2. The van der Waals surface area contributed by atoms with E-state index < -0.39 is 39.5 Å². The van der Waals surface area contributed by atoms with Gasteiger partial charge in [0.2, 0.25) is 0 Å². The Morgan fingerprint density at radius 3 is 1.37 bits per heavy atom. The van der Waals surface area contributed by atoms with Crippen molar-refractivity contribution in [2.45, 2.75) is 169 Å². The second-order valence-electron chi connectivity index (χ2n) is 22.5. The molecule has 3 amide bonds. The molecule has 3 heterocycles. The van der Waals surface area contributed by atoms with Crippen molar-refractivity contribution in [3.05, 3.63) is 71.8 Å². The van der Waals surface area contributed by atoms with Gasteiger partial charge in [0.1, 0.15) is 16.8 Å². The first-order valence-corrected chi connectivity index (χ1v) is 23.9. The van der Waals surface area contributed by atoms with Gasteiger partial charge < -0.3 is 48.9 Å². The molecule has 0 radical (unpaired) electrons. The van der Waals surface area contributed by atoms with E-state index in [0.717, 1.165) is 52.4 Å². The van der Waals surface area contributed by atoms with Crippen LogP contribution in [0.1, 0.15) is 115 Å². The number of carbonyl (C=O) groups is 3. The van der Waals surface area contributed by atoms with Gasteiger partial charge in [-0.3, -0.25) is 9.80 Å². The third kappa shape index (κ3) is 19.9. The largest absolute Gasteiger partial charge is 0.444 e. The zero-order chi connectivity index (χ0) is 50.4. The van der Waals surface area contributed by atoms with Gasteiger partial charge in [0.15, 0.2) is 0 Å². The molecule has 2 N–H and O–H groups in total. The quantitative estimate of drug-likeness (QED) is 0.221. The van der Waals surface area contributed by atoms with E-state index in [-0.39, 0.29) is 30.5 Å². The lowest BCUT2D eigenvalue weighted by Crippen LogP contribution is -2.60. The highest BCUT2D eigenvalue weighted by Crippen LogP contribution is 2.27. The molecule has 0 saturated carbocycles. The third-order valence-corrected chi connectivity index (χ3v) is 12.0. The van der Waals surface area contributed by atoms with Gasteiger partial charge in [-0.25, -0.2) is 14.4 Å². The Morgan fingerprint density at radius 1 is 0.582 bits per heavy atom. The van der Waals surface area contributed by atoms with Crippen molar-refractivity contribution in [3.63, 3.8) is 0 Å². The van der Waals surface area contributed by atoms with Crippen LogP contribution < -0.4 is 10.6 Å². The molecule has 2 aromatic rings. The maximum absolute atomic E-state index is 12.5. The van der Waals surface area contributed by atoms with E-state index in [1.807, 2.05) is 116 Å². The Bertz CT molecular complexity index is 1800. The van der Waals surface area contributed by atoms with E-state index in [2.05, 4.69) is 69.0 Å². The van der Waals surface area contributed by atoms with Crippen LogP contribution >= 0.6 is 0 Å². The molecule has 0 aromatic heterocycles. The van der Waals surface area contributed by atoms with Crippen LogP contribution in [-0.2, 0) is 41.5 Å². The number of morpholine rings is 3. The molecule has 380 valence electrons. The standard InChI is InChI=1S/C20H32N2O3.C19H30N2O3.C13H26N2O3/c1-19(2,3)25-18(23)21(6)20(4,5)17-15-22(12-13-24-17)14-16-10-8-7-9-11-16;1-18(2,3)24-17(22)20-19(4,5)16-14-21(11-12-23-16)13-15-9-7-6-8-10-15;1-12(2,3)18-11(16)15(6)13(4,5)10-9-14-7-8-17-10/h7-11,17H,12-15H2,1-6H3;6-10,16H,11-14H2,1-5H3,(H,20,22);10,14H,7-9H2,1-6H3. The number of rotatable bonds is 10. The number of nitrogens with zero attached hydrogens (tertiary/aromatic N) is 4. The average molecular weight is 941 g/mol. The Morgan fingerprint density at radius 2 is 0.970 bits per heavy atom. The second-order valence-corrected chi connectivity index (χ2v) is 22.5. The molecule has 5 rings (SSSR count). The number of amides is 3. The molecule has 3 aliphatic heterocycles. The van der Waals surface area contributed by atoms with Crippen molar-refractivity contribution in [1.29, 1.82) is 0 Å². The molecule has 3 aliphatic rings. The smallest absolute Gasteiger partial charge is 0.410 e. The molecule has 15 heteroatoms. The van der Waals surface area contributed by atoms with Crippen LogP contribution in [0.5, 0.6) is 0 Å². The van der Waals surface area contributed by atoms with Gasteiger partial charge in [0, 0.05) is 66.5 Å². The van der Waals surface area contributed by atoms with Gasteiger partial charge in [-0.2, -0.15) is 0 Å². The second kappa shape index (κ2) is 24.5. The van der Waals surface area contributed by atoms with Crippen LogP contribution in [0.15, 0.2) is 60.7 Å². The summed E-state index contributed by atoms with van der Waals surface area (Å²) >= 11 is 0. The lowest BCUT2D eigenvalue weighted by atomic mass is 9.94. The summed E-state index contributed by atoms with van der Waals surface area (Å²) in [6, 6.07) is 20.8. The highest BCUT2D eigenvalue weighted by Gasteiger charge is 2.42. The van der Waals surface area contributed by atoms with Crippen molar-refractivity contribution < 1.29 is 42.8 Å². The molecule has 3 unspecified atom stereocenters. The normalized spacial score (nSPS) is 20.2. The Balaban J connectivity index is 0.000000270. The van der Waals surface area contributed by atoms with E-state index in [9.17, 15) is 14.4 Å². The Labute approximate surface area is 403 Å². The van der Waals surface area contributed by atoms with Crippen LogP contribution in [0.25, 0.3) is 0 Å². The van der Waals surface area contributed by atoms with Crippen LogP contribution in [0.4, 0.5) is 14.4 Å². The lowest BCUT2D eigenvalue weighted by molar-refractivity contribution is -0.0998. The first kappa shape index (κ1) is 57.3. The van der Waals surface area contributed by atoms with Crippen molar-refractivity contribution in [1.82, 2.24) is 30.2 Å². The summed E-state index contributed by atoms with van der Waals surface area (Å²) in [4.78, 5) is 44.6. The van der Waals surface area contributed by atoms with Gasteiger partial charge in [-0.05, 0) is 115 Å². The van der Waals surface area contributed by atoms with Gasteiger partial charge in [0.25, 0.3) is 0 Å². The number of ether oxygens (including phenoxy) is 6. The minimum atomic E-state index is -0.507. The average Bonchev–Trinajstić information content (AvgIpc) is 3.22. The zero-order valence-corrected chi connectivity index (χ0v) is 44.2. The van der Waals surface area contributed by atoms with Gasteiger partial charge >= 0.3 is 18.3 Å². The maximum atomic E-state index is 12.5. The molecule has 2 aromatic carbocycles. The Hall–Kier alpha value is -3.99. The van der Waals surface area contributed by atoms with Crippen molar-refractivity contribution >= 4 is 18.3 Å². The summed E-state index contributed by atoms with van der Waals surface area (Å²) in [7, 11) is 3.54. The van der Waals surface area contributed by atoms with Crippen LogP contribution in [0, 0.1) is 0 Å². The highest BCUT2D eigenvalue weighted by molar-refractivity contribution is 5.69. The molecular weight excluding hydrogens is 853 g/mol. The van der Waals surface area contributed by atoms with Crippen molar-refractivity contribution in [3.8, 4) is 0 Å². The molecule has 0 aliphatic carbocycles. The van der Waals surface area contributed by atoms with Crippen molar-refractivity contribution in [2.75, 3.05) is 73.2 Å². The lowest BCUT2D eigenvalue weighted by Gasteiger charge is -2.45. The highest BCUT2D eigenvalue weighted by atomic mass is 16.6. The first-order chi connectivity index (χ1) is 30.9. The Kier molecular flexibility index (Phi) is 21.0. The number of hydrogen-bond acceptors (Lipinski definition) is 12. The number of carbonyl (C=O) groups excluding carboxylic acids is 3. The zero-order valence-electron chi connectivity index (χ0n) is 44.2. The van der Waals surface area contributed by atoms with E-state index in [4.69, 9.17) is 28.4 Å². The number of likely N-dealkylation sites (N-methyl/N-ethyl adjacent to an activating group) is 2. The predicted molar refractivity (Wildman–Crippen MR) is 265 cm³/mol. The summed E-state index contributed by atoms with van der Waals surface area (Å²) in [5.74, 6) is 0. The summed E-state index contributed by atoms with van der Waals surface area (Å²) < 4.78 is 34.0. The number of alkyl carbamates (subject to hydrolysis) is 1. The van der Waals surface area contributed by atoms with E-state index in [1.54, 1.807) is 23.9 Å². The summed E-state index contributed by atoms with van der Waals surface area (Å²) in [6.07, 6.45) is -1.21. The minimum Gasteiger partial charge on any atom is -0.444 e. The SMILES string of the molecule is CC(C)(C)OC(=O)NC(C)(C)C1CN(Cc2ccccc2)CCO1.CN(C(=O)OC(C)(C)C)C(C)(C)C1CN(Cc2ccccc2)CCO1.CN(C(=O)OC(C)(C)C)C(C)(C)C1CNCCO1. The van der Waals surface area contributed by atoms with Crippen molar-refractivity contribution in [2.24, 2.45) is 0 Å². The fourth-order valence-corrected chi connectivity index (χ4v) is 7.47.